The fourth-order valence-electron chi connectivity index (χ4n) is 1.13. The summed E-state index contributed by atoms with van der Waals surface area (Å²) in [5, 5.41) is 11.7. The fourth-order valence-corrected chi connectivity index (χ4v) is 2.75. The highest BCUT2D eigenvalue weighted by Crippen LogP contribution is 2.31. The molecule has 0 saturated carbocycles. The number of hydrogen-bond acceptors (Lipinski definition) is 2. The Bertz CT molecular complexity index is 467. The first-order chi connectivity index (χ1) is 5.83. The molecule has 0 amide bonds. The molecular weight excluding hydrogens is 234 g/mol. The minimum atomic E-state index is 0.752. The zero-order chi connectivity index (χ0) is 8.55. The van der Waals surface area contributed by atoms with Gasteiger partial charge in [-0.3, -0.25) is 0 Å². The predicted molar refractivity (Wildman–Crippen MR) is 54.2 cm³/mol. The Labute approximate surface area is 82.4 Å². The first-order valence-electron chi connectivity index (χ1n) is 3.39. The Morgan fingerprint density at radius 3 is 3.00 bits per heavy atom. The van der Waals surface area contributed by atoms with E-state index in [4.69, 9.17) is 5.26 Å². The van der Waals surface area contributed by atoms with Gasteiger partial charge < -0.3 is 0 Å². The molecule has 58 valence electrons. The lowest BCUT2D eigenvalue weighted by Gasteiger charge is -1.92. The SMILES string of the molecule is N#Cc1csc2cccc(Br)c12. The van der Waals surface area contributed by atoms with Crippen LogP contribution in [-0.2, 0) is 0 Å². The summed E-state index contributed by atoms with van der Waals surface area (Å²) in [6.45, 7) is 0. The highest BCUT2D eigenvalue weighted by atomic mass is 79.9. The standard InChI is InChI=1S/C9H4BrNS/c10-7-2-1-3-8-9(7)6(4-11)5-12-8/h1-3,5H. The smallest absolute Gasteiger partial charge is 0.101 e. The third-order valence-corrected chi connectivity index (χ3v) is 3.28. The molecule has 2 aromatic rings. The molecule has 0 spiro atoms. The van der Waals surface area contributed by atoms with E-state index in [1.807, 2.05) is 23.6 Å². The monoisotopic (exact) mass is 237 g/mol. The number of nitrogens with zero attached hydrogens (tertiary/aromatic N) is 1. The zero-order valence-corrected chi connectivity index (χ0v) is 8.45. The number of hydrogen-bond donors (Lipinski definition) is 0. The second kappa shape index (κ2) is 2.89. The largest absolute Gasteiger partial charge is 0.192 e. The summed E-state index contributed by atoms with van der Waals surface area (Å²) in [7, 11) is 0. The third kappa shape index (κ3) is 1.04. The van der Waals surface area contributed by atoms with Crippen LogP contribution in [0, 0.1) is 11.3 Å². The summed E-state index contributed by atoms with van der Waals surface area (Å²) in [6.07, 6.45) is 0. The van der Waals surface area contributed by atoms with Crippen molar-refractivity contribution in [1.82, 2.24) is 0 Å². The average Bonchev–Trinajstić information content (AvgIpc) is 2.49. The Kier molecular flexibility index (Phi) is 1.87. The van der Waals surface area contributed by atoms with Gasteiger partial charge in [0.05, 0.1) is 5.56 Å². The molecule has 0 radical (unpaired) electrons. The van der Waals surface area contributed by atoms with Crippen LogP contribution in [0.15, 0.2) is 28.1 Å². The van der Waals surface area contributed by atoms with E-state index in [1.165, 1.54) is 0 Å². The topological polar surface area (TPSA) is 23.8 Å². The molecule has 2 rings (SSSR count). The highest BCUT2D eigenvalue weighted by molar-refractivity contribution is 9.10. The molecule has 12 heavy (non-hydrogen) atoms. The number of nitriles is 1. The van der Waals surface area contributed by atoms with Crippen molar-refractivity contribution < 1.29 is 0 Å². The molecule has 1 nitrogen and oxygen atoms in total. The minimum absolute atomic E-state index is 0.752. The highest BCUT2D eigenvalue weighted by Gasteiger charge is 2.05. The molecule has 0 unspecified atom stereocenters. The quantitative estimate of drug-likeness (QED) is 0.688. The van der Waals surface area contributed by atoms with Crippen molar-refractivity contribution in [2.24, 2.45) is 0 Å². The van der Waals surface area contributed by atoms with Crippen molar-refractivity contribution in [3.05, 3.63) is 33.6 Å². The van der Waals surface area contributed by atoms with E-state index >= 15 is 0 Å². The third-order valence-electron chi connectivity index (χ3n) is 1.67. The van der Waals surface area contributed by atoms with Crippen LogP contribution < -0.4 is 0 Å². The summed E-state index contributed by atoms with van der Waals surface area (Å²) < 4.78 is 2.15. The van der Waals surface area contributed by atoms with E-state index in [0.717, 1.165) is 20.1 Å². The van der Waals surface area contributed by atoms with Gasteiger partial charge in [0.1, 0.15) is 6.07 Å². The van der Waals surface area contributed by atoms with Crippen LogP contribution in [0.25, 0.3) is 10.1 Å². The summed E-state index contributed by atoms with van der Waals surface area (Å²) in [5.41, 5.74) is 0.752. The molecule has 0 fully saturated rings. The number of thiophene rings is 1. The van der Waals surface area contributed by atoms with E-state index in [2.05, 4.69) is 22.0 Å². The number of halogens is 1. The first kappa shape index (κ1) is 7.78. The molecule has 0 aliphatic carbocycles. The maximum atomic E-state index is 8.78. The van der Waals surface area contributed by atoms with E-state index in [9.17, 15) is 0 Å². The summed E-state index contributed by atoms with van der Waals surface area (Å²) >= 11 is 5.02. The normalized spacial score (nSPS) is 10.0. The zero-order valence-electron chi connectivity index (χ0n) is 6.04. The molecule has 0 bridgehead atoms. The minimum Gasteiger partial charge on any atom is -0.192 e. The number of benzene rings is 1. The van der Waals surface area contributed by atoms with E-state index in [0.29, 0.717) is 0 Å². The van der Waals surface area contributed by atoms with E-state index in [-0.39, 0.29) is 0 Å². The Balaban J connectivity index is 2.95. The summed E-state index contributed by atoms with van der Waals surface area (Å²) in [4.78, 5) is 0. The lowest BCUT2D eigenvalue weighted by molar-refractivity contribution is 1.51. The van der Waals surface area contributed by atoms with Crippen LogP contribution in [0.1, 0.15) is 5.56 Å². The van der Waals surface area contributed by atoms with Crippen molar-refractivity contribution in [3.63, 3.8) is 0 Å². The molecule has 1 aromatic heterocycles. The Hall–Kier alpha value is -0.850. The summed E-state index contributed by atoms with van der Waals surface area (Å²) in [6, 6.07) is 8.12. The Morgan fingerprint density at radius 2 is 2.25 bits per heavy atom. The van der Waals surface area contributed by atoms with Gasteiger partial charge in [-0.15, -0.1) is 11.3 Å². The molecule has 0 atom stereocenters. The van der Waals surface area contributed by atoms with Gasteiger partial charge in [-0.2, -0.15) is 5.26 Å². The average molecular weight is 238 g/mol. The van der Waals surface area contributed by atoms with Gasteiger partial charge in [-0.1, -0.05) is 22.0 Å². The maximum absolute atomic E-state index is 8.78. The van der Waals surface area contributed by atoms with Crippen LogP contribution in [0.4, 0.5) is 0 Å². The Morgan fingerprint density at radius 1 is 1.42 bits per heavy atom. The van der Waals surface area contributed by atoms with Crippen molar-refractivity contribution >= 4 is 37.4 Å². The van der Waals surface area contributed by atoms with Crippen molar-refractivity contribution in [3.8, 4) is 6.07 Å². The van der Waals surface area contributed by atoms with Gasteiger partial charge in [-0.05, 0) is 12.1 Å². The maximum Gasteiger partial charge on any atom is 0.101 e. The van der Waals surface area contributed by atoms with Gasteiger partial charge in [0.25, 0.3) is 0 Å². The molecule has 1 heterocycles. The van der Waals surface area contributed by atoms with Crippen LogP contribution in [-0.4, -0.2) is 0 Å². The van der Waals surface area contributed by atoms with Crippen LogP contribution in [0.3, 0.4) is 0 Å². The van der Waals surface area contributed by atoms with Crippen LogP contribution in [0.5, 0.6) is 0 Å². The molecule has 0 aliphatic heterocycles. The molecule has 0 N–H and O–H groups in total. The van der Waals surface area contributed by atoms with Crippen LogP contribution in [0.2, 0.25) is 0 Å². The first-order valence-corrected chi connectivity index (χ1v) is 5.06. The van der Waals surface area contributed by atoms with Gasteiger partial charge >= 0.3 is 0 Å². The fraction of sp³-hybridized carbons (Fsp3) is 0. The van der Waals surface area contributed by atoms with Crippen molar-refractivity contribution in [1.29, 1.82) is 5.26 Å². The van der Waals surface area contributed by atoms with Crippen molar-refractivity contribution in [2.75, 3.05) is 0 Å². The molecule has 3 heteroatoms. The van der Waals surface area contributed by atoms with E-state index < -0.39 is 0 Å². The predicted octanol–water partition coefficient (Wildman–Crippen LogP) is 3.54. The number of fused-ring (bicyclic) bond motifs is 1. The summed E-state index contributed by atoms with van der Waals surface area (Å²) in [5.74, 6) is 0. The molecular formula is C9H4BrNS. The van der Waals surface area contributed by atoms with Gasteiger partial charge in [0.15, 0.2) is 0 Å². The van der Waals surface area contributed by atoms with Crippen molar-refractivity contribution in [2.45, 2.75) is 0 Å². The van der Waals surface area contributed by atoms with Gasteiger partial charge in [0.2, 0.25) is 0 Å². The molecule has 1 aromatic carbocycles. The second-order valence-corrected chi connectivity index (χ2v) is 4.14. The molecule has 0 saturated heterocycles. The molecule has 0 aliphatic rings. The lowest BCUT2D eigenvalue weighted by atomic mass is 10.2. The van der Waals surface area contributed by atoms with E-state index in [1.54, 1.807) is 11.3 Å². The van der Waals surface area contributed by atoms with Gasteiger partial charge in [-0.25, -0.2) is 0 Å². The lowest BCUT2D eigenvalue weighted by Crippen LogP contribution is -1.70. The van der Waals surface area contributed by atoms with Gasteiger partial charge in [0, 0.05) is 19.9 Å². The second-order valence-electron chi connectivity index (χ2n) is 2.37. The number of rotatable bonds is 0. The van der Waals surface area contributed by atoms with Crippen LogP contribution >= 0.6 is 27.3 Å².